The third kappa shape index (κ3) is 5.89. The predicted molar refractivity (Wildman–Crippen MR) is 129 cm³/mol. The normalized spacial score (nSPS) is 18.9. The highest BCUT2D eigenvalue weighted by Gasteiger charge is 2.40. The van der Waals surface area contributed by atoms with E-state index in [1.54, 1.807) is 7.11 Å². The number of benzene rings is 1. The summed E-state index contributed by atoms with van der Waals surface area (Å²) in [4.78, 5) is 0. The minimum atomic E-state index is -1.96. The smallest absolute Gasteiger partial charge is 0.250 e. The zero-order valence-corrected chi connectivity index (χ0v) is 21.6. The van der Waals surface area contributed by atoms with Crippen molar-refractivity contribution in [2.75, 3.05) is 13.7 Å². The molecule has 0 aromatic heterocycles. The molecule has 2 unspecified atom stereocenters. The van der Waals surface area contributed by atoms with Gasteiger partial charge in [0.05, 0.1) is 13.2 Å². The van der Waals surface area contributed by atoms with Crippen LogP contribution < -0.4 is 14.5 Å². The van der Waals surface area contributed by atoms with Crippen molar-refractivity contribution in [3.8, 4) is 11.5 Å². The SMILES string of the molecule is CC=C(CC(C)C)C(O)CC1NCCc2cc(O[Si](C)(C)C(C)(C)C)c(OC)cc21. The summed E-state index contributed by atoms with van der Waals surface area (Å²) >= 11 is 0. The predicted octanol–water partition coefficient (Wildman–Crippen LogP) is 6.01. The molecule has 0 bridgehead atoms. The van der Waals surface area contributed by atoms with E-state index in [9.17, 15) is 5.11 Å². The molecule has 1 aromatic carbocycles. The molecule has 2 atom stereocenters. The van der Waals surface area contributed by atoms with Crippen molar-refractivity contribution in [2.45, 2.75) is 91.1 Å². The van der Waals surface area contributed by atoms with E-state index in [1.807, 2.05) is 6.92 Å². The summed E-state index contributed by atoms with van der Waals surface area (Å²) in [7, 11) is -0.251. The fraction of sp³-hybridized carbons (Fsp3) is 0.680. The van der Waals surface area contributed by atoms with Crippen LogP contribution in [-0.4, -0.2) is 33.2 Å². The number of methoxy groups -OCH3 is 1. The quantitative estimate of drug-likeness (QED) is 0.389. The van der Waals surface area contributed by atoms with Gasteiger partial charge in [0, 0.05) is 6.04 Å². The van der Waals surface area contributed by atoms with Crippen LogP contribution in [0, 0.1) is 5.92 Å². The maximum atomic E-state index is 10.9. The van der Waals surface area contributed by atoms with Gasteiger partial charge in [-0.05, 0) is 85.6 Å². The van der Waals surface area contributed by atoms with E-state index in [2.05, 4.69) is 71.2 Å². The summed E-state index contributed by atoms with van der Waals surface area (Å²) in [5, 5.41) is 14.6. The molecule has 0 amide bonds. The average Bonchev–Trinajstić information content (AvgIpc) is 2.64. The summed E-state index contributed by atoms with van der Waals surface area (Å²) in [5.74, 6) is 2.18. The molecule has 0 radical (unpaired) electrons. The van der Waals surface area contributed by atoms with E-state index in [0.717, 1.165) is 36.5 Å². The van der Waals surface area contributed by atoms with Crippen LogP contribution in [0.25, 0.3) is 0 Å². The molecule has 0 spiro atoms. The standard InChI is InChI=1S/C25H43NO3Si/c1-10-18(13-17(2)3)22(27)16-21-20-15-23(28-7)24(14-19(20)11-12-26-21)29-30(8,9)25(4,5)6/h10,14-15,17,21-22,26-27H,11-13,16H2,1-9H3. The Balaban J connectivity index is 2.31. The van der Waals surface area contributed by atoms with Crippen LogP contribution in [-0.2, 0) is 6.42 Å². The van der Waals surface area contributed by atoms with Crippen molar-refractivity contribution in [1.82, 2.24) is 5.32 Å². The second kappa shape index (κ2) is 9.88. The van der Waals surface area contributed by atoms with Crippen LogP contribution in [0.4, 0.5) is 0 Å². The Hall–Kier alpha value is -1.30. The van der Waals surface area contributed by atoms with Gasteiger partial charge in [0.2, 0.25) is 0 Å². The molecule has 1 aliphatic heterocycles. The highest BCUT2D eigenvalue weighted by molar-refractivity contribution is 6.74. The zero-order chi connectivity index (χ0) is 22.7. The van der Waals surface area contributed by atoms with Crippen molar-refractivity contribution in [1.29, 1.82) is 0 Å². The largest absolute Gasteiger partial charge is 0.541 e. The summed E-state index contributed by atoms with van der Waals surface area (Å²) < 4.78 is 12.3. The van der Waals surface area contributed by atoms with Crippen molar-refractivity contribution in [2.24, 2.45) is 5.92 Å². The molecular weight excluding hydrogens is 390 g/mol. The highest BCUT2D eigenvalue weighted by Crippen LogP contribution is 2.42. The first kappa shape index (κ1) is 25.0. The number of ether oxygens (including phenoxy) is 1. The number of allylic oxidation sites excluding steroid dienone is 1. The van der Waals surface area contributed by atoms with E-state index >= 15 is 0 Å². The molecule has 1 aromatic rings. The lowest BCUT2D eigenvalue weighted by molar-refractivity contribution is 0.175. The third-order valence-electron chi connectivity index (χ3n) is 6.66. The molecule has 30 heavy (non-hydrogen) atoms. The Morgan fingerprint density at radius 2 is 1.93 bits per heavy atom. The number of hydrogen-bond donors (Lipinski definition) is 2. The molecule has 0 saturated heterocycles. The molecule has 0 fully saturated rings. The molecule has 0 saturated carbocycles. The molecule has 2 rings (SSSR count). The number of aliphatic hydroxyl groups excluding tert-OH is 1. The van der Waals surface area contributed by atoms with Gasteiger partial charge < -0.3 is 19.6 Å². The lowest BCUT2D eigenvalue weighted by Gasteiger charge is -2.37. The molecular formula is C25H43NO3Si. The van der Waals surface area contributed by atoms with Crippen LogP contribution in [0.2, 0.25) is 18.1 Å². The first-order chi connectivity index (χ1) is 13.9. The second-order valence-corrected chi connectivity index (χ2v) is 15.3. The minimum absolute atomic E-state index is 0.113. The van der Waals surface area contributed by atoms with Gasteiger partial charge in [-0.25, -0.2) is 0 Å². The zero-order valence-electron chi connectivity index (χ0n) is 20.6. The lowest BCUT2D eigenvalue weighted by Crippen LogP contribution is -2.44. The summed E-state index contributed by atoms with van der Waals surface area (Å²) in [5.41, 5.74) is 3.65. The Morgan fingerprint density at radius 1 is 1.27 bits per heavy atom. The molecule has 170 valence electrons. The maximum absolute atomic E-state index is 10.9. The van der Waals surface area contributed by atoms with Gasteiger partial charge in [-0.15, -0.1) is 0 Å². The van der Waals surface area contributed by atoms with E-state index in [0.29, 0.717) is 12.3 Å². The van der Waals surface area contributed by atoms with Gasteiger partial charge in [-0.1, -0.05) is 40.7 Å². The van der Waals surface area contributed by atoms with Gasteiger partial charge in [-0.3, -0.25) is 0 Å². The van der Waals surface area contributed by atoms with Crippen molar-refractivity contribution >= 4 is 8.32 Å². The molecule has 2 N–H and O–H groups in total. The van der Waals surface area contributed by atoms with Crippen molar-refractivity contribution in [3.63, 3.8) is 0 Å². The number of rotatable bonds is 8. The molecule has 1 heterocycles. The van der Waals surface area contributed by atoms with Crippen LogP contribution >= 0.6 is 0 Å². The van der Waals surface area contributed by atoms with Crippen LogP contribution in [0.5, 0.6) is 11.5 Å². The van der Waals surface area contributed by atoms with Gasteiger partial charge in [-0.2, -0.15) is 0 Å². The van der Waals surface area contributed by atoms with Gasteiger partial charge in [0.25, 0.3) is 8.32 Å². The molecule has 5 heteroatoms. The Morgan fingerprint density at radius 3 is 2.47 bits per heavy atom. The van der Waals surface area contributed by atoms with Gasteiger partial charge in [0.15, 0.2) is 5.75 Å². The Kier molecular flexibility index (Phi) is 8.22. The first-order valence-corrected chi connectivity index (χ1v) is 14.3. The number of hydrogen-bond acceptors (Lipinski definition) is 4. The number of nitrogens with one attached hydrogen (secondary N) is 1. The maximum Gasteiger partial charge on any atom is 0.250 e. The van der Waals surface area contributed by atoms with Crippen molar-refractivity contribution < 1.29 is 14.3 Å². The summed E-state index contributed by atoms with van der Waals surface area (Å²) in [6, 6.07) is 4.42. The van der Waals surface area contributed by atoms with Gasteiger partial charge >= 0.3 is 0 Å². The topological polar surface area (TPSA) is 50.7 Å². The summed E-state index contributed by atoms with van der Waals surface area (Å²) in [6.07, 6.45) is 4.20. The Labute approximate surface area is 185 Å². The second-order valence-electron chi connectivity index (χ2n) is 10.5. The van der Waals surface area contributed by atoms with Crippen LogP contribution in [0.3, 0.4) is 0 Å². The third-order valence-corrected chi connectivity index (χ3v) is 11.0. The van der Waals surface area contributed by atoms with E-state index in [-0.39, 0.29) is 11.1 Å². The average molecular weight is 434 g/mol. The first-order valence-electron chi connectivity index (χ1n) is 11.4. The Bertz CT molecular complexity index is 749. The van der Waals surface area contributed by atoms with Crippen LogP contribution in [0.1, 0.15) is 71.6 Å². The number of aliphatic hydroxyl groups is 1. The fourth-order valence-corrected chi connectivity index (χ4v) is 4.84. The molecule has 4 nitrogen and oxygen atoms in total. The fourth-order valence-electron chi connectivity index (χ4n) is 3.82. The number of fused-ring (bicyclic) bond motifs is 1. The highest BCUT2D eigenvalue weighted by atomic mass is 28.4. The van der Waals surface area contributed by atoms with E-state index in [1.165, 1.54) is 11.1 Å². The summed E-state index contributed by atoms with van der Waals surface area (Å²) in [6.45, 7) is 18.6. The van der Waals surface area contributed by atoms with Crippen molar-refractivity contribution in [3.05, 3.63) is 34.9 Å². The molecule has 0 aliphatic carbocycles. The van der Waals surface area contributed by atoms with Gasteiger partial charge in [0.1, 0.15) is 5.75 Å². The van der Waals surface area contributed by atoms with E-state index in [4.69, 9.17) is 9.16 Å². The van der Waals surface area contributed by atoms with Crippen LogP contribution in [0.15, 0.2) is 23.8 Å². The minimum Gasteiger partial charge on any atom is -0.541 e. The van der Waals surface area contributed by atoms with E-state index < -0.39 is 14.4 Å². The monoisotopic (exact) mass is 433 g/mol. The lowest BCUT2D eigenvalue weighted by atomic mass is 9.87. The molecule has 1 aliphatic rings.